The van der Waals surface area contributed by atoms with Crippen LogP contribution in [-0.4, -0.2) is 0 Å². The fourth-order valence-corrected chi connectivity index (χ4v) is 2.65. The van der Waals surface area contributed by atoms with E-state index < -0.39 is 0 Å². The second kappa shape index (κ2) is 4.43. The van der Waals surface area contributed by atoms with Crippen LogP contribution in [0.15, 0.2) is 54.6 Å². The van der Waals surface area contributed by atoms with Gasteiger partial charge in [0, 0.05) is 5.69 Å². The third-order valence-corrected chi connectivity index (χ3v) is 3.67. The second-order valence-electron chi connectivity index (χ2n) is 5.05. The Bertz CT molecular complexity index is 757. The standard InChI is InChI=1S/C18H17N/c1-12-8-10-15(19)11-17(12)18-13(2)7-9-14-5-3-4-6-16(14)18/h3-11H,19H2,1-2H3. The van der Waals surface area contributed by atoms with Gasteiger partial charge in [-0.15, -0.1) is 0 Å². The molecule has 0 atom stereocenters. The van der Waals surface area contributed by atoms with Crippen LogP contribution in [0.3, 0.4) is 0 Å². The van der Waals surface area contributed by atoms with Crippen LogP contribution in [0.25, 0.3) is 21.9 Å². The third kappa shape index (κ3) is 1.97. The highest BCUT2D eigenvalue weighted by atomic mass is 14.5. The molecule has 2 N–H and O–H groups in total. The van der Waals surface area contributed by atoms with Crippen LogP contribution >= 0.6 is 0 Å². The minimum atomic E-state index is 0.813. The van der Waals surface area contributed by atoms with Gasteiger partial charge in [0.1, 0.15) is 0 Å². The predicted octanol–water partition coefficient (Wildman–Crippen LogP) is 4.71. The van der Waals surface area contributed by atoms with Crippen molar-refractivity contribution >= 4 is 16.5 Å². The average Bonchev–Trinajstić information content (AvgIpc) is 2.42. The molecule has 0 amide bonds. The molecule has 3 aromatic carbocycles. The third-order valence-electron chi connectivity index (χ3n) is 3.67. The van der Waals surface area contributed by atoms with Gasteiger partial charge in [0.25, 0.3) is 0 Å². The summed E-state index contributed by atoms with van der Waals surface area (Å²) in [6.07, 6.45) is 0. The second-order valence-corrected chi connectivity index (χ2v) is 5.05. The molecular weight excluding hydrogens is 230 g/mol. The molecule has 0 fully saturated rings. The van der Waals surface area contributed by atoms with E-state index in [1.807, 2.05) is 6.07 Å². The van der Waals surface area contributed by atoms with Crippen LogP contribution in [0.4, 0.5) is 5.69 Å². The first kappa shape index (κ1) is 11.8. The molecule has 1 heteroatoms. The van der Waals surface area contributed by atoms with E-state index in [0.29, 0.717) is 0 Å². The lowest BCUT2D eigenvalue weighted by atomic mass is 9.91. The minimum absolute atomic E-state index is 0.813. The Kier molecular flexibility index (Phi) is 2.75. The van der Waals surface area contributed by atoms with E-state index in [2.05, 4.69) is 62.4 Å². The van der Waals surface area contributed by atoms with Crippen LogP contribution in [0.5, 0.6) is 0 Å². The van der Waals surface area contributed by atoms with Crippen molar-refractivity contribution in [3.05, 3.63) is 65.7 Å². The smallest absolute Gasteiger partial charge is 0.0320 e. The quantitative estimate of drug-likeness (QED) is 0.619. The zero-order valence-corrected chi connectivity index (χ0v) is 11.3. The monoisotopic (exact) mass is 247 g/mol. The van der Waals surface area contributed by atoms with Crippen molar-refractivity contribution in [3.63, 3.8) is 0 Å². The molecule has 0 aromatic heterocycles. The first-order chi connectivity index (χ1) is 9.16. The lowest BCUT2D eigenvalue weighted by Crippen LogP contribution is -1.92. The van der Waals surface area contributed by atoms with Crippen molar-refractivity contribution in [3.8, 4) is 11.1 Å². The van der Waals surface area contributed by atoms with Gasteiger partial charge < -0.3 is 5.73 Å². The molecule has 0 saturated heterocycles. The molecule has 0 heterocycles. The Hall–Kier alpha value is -2.28. The summed E-state index contributed by atoms with van der Waals surface area (Å²) in [5.74, 6) is 0. The van der Waals surface area contributed by atoms with E-state index in [-0.39, 0.29) is 0 Å². The van der Waals surface area contributed by atoms with E-state index >= 15 is 0 Å². The van der Waals surface area contributed by atoms with E-state index in [1.54, 1.807) is 0 Å². The SMILES string of the molecule is Cc1ccc(N)cc1-c1c(C)ccc2ccccc12. The molecule has 3 aromatic rings. The predicted molar refractivity (Wildman–Crippen MR) is 83.3 cm³/mol. The molecule has 0 unspecified atom stereocenters. The molecule has 0 saturated carbocycles. The molecule has 0 radical (unpaired) electrons. The van der Waals surface area contributed by atoms with Gasteiger partial charge >= 0.3 is 0 Å². The van der Waals surface area contributed by atoms with Crippen LogP contribution in [-0.2, 0) is 0 Å². The van der Waals surface area contributed by atoms with Gasteiger partial charge in [-0.2, -0.15) is 0 Å². The van der Waals surface area contributed by atoms with Gasteiger partial charge in [0.05, 0.1) is 0 Å². The van der Waals surface area contributed by atoms with Crippen molar-refractivity contribution < 1.29 is 0 Å². The van der Waals surface area contributed by atoms with Crippen LogP contribution in [0.1, 0.15) is 11.1 Å². The van der Waals surface area contributed by atoms with Crippen LogP contribution in [0, 0.1) is 13.8 Å². The van der Waals surface area contributed by atoms with Gasteiger partial charge in [-0.05, 0) is 59.0 Å². The van der Waals surface area contributed by atoms with Crippen LogP contribution < -0.4 is 5.73 Å². The van der Waals surface area contributed by atoms with E-state index in [4.69, 9.17) is 5.73 Å². The number of benzene rings is 3. The number of hydrogen-bond donors (Lipinski definition) is 1. The molecule has 19 heavy (non-hydrogen) atoms. The van der Waals surface area contributed by atoms with Gasteiger partial charge in [-0.25, -0.2) is 0 Å². The van der Waals surface area contributed by atoms with Crippen molar-refractivity contribution in [1.82, 2.24) is 0 Å². The fourth-order valence-electron chi connectivity index (χ4n) is 2.65. The van der Waals surface area contributed by atoms with Gasteiger partial charge in [0.2, 0.25) is 0 Å². The van der Waals surface area contributed by atoms with Crippen molar-refractivity contribution in [2.24, 2.45) is 0 Å². The summed E-state index contributed by atoms with van der Waals surface area (Å²) in [5.41, 5.74) is 11.8. The maximum absolute atomic E-state index is 5.96. The average molecular weight is 247 g/mol. The summed E-state index contributed by atoms with van der Waals surface area (Å²) in [4.78, 5) is 0. The molecule has 0 bridgehead atoms. The number of anilines is 1. The first-order valence-electron chi connectivity index (χ1n) is 6.51. The largest absolute Gasteiger partial charge is 0.399 e. The molecule has 0 spiro atoms. The van der Waals surface area contributed by atoms with Crippen molar-refractivity contribution in [2.75, 3.05) is 5.73 Å². The maximum atomic E-state index is 5.96. The Balaban J connectivity index is 2.41. The number of nitrogen functional groups attached to an aromatic ring is 1. The number of nitrogens with two attached hydrogens (primary N) is 1. The van der Waals surface area contributed by atoms with Crippen LogP contribution in [0.2, 0.25) is 0 Å². The highest BCUT2D eigenvalue weighted by Gasteiger charge is 2.09. The molecule has 0 aliphatic carbocycles. The summed E-state index contributed by atoms with van der Waals surface area (Å²) in [7, 11) is 0. The molecule has 94 valence electrons. The molecule has 0 aliphatic heterocycles. The summed E-state index contributed by atoms with van der Waals surface area (Å²) in [5, 5.41) is 2.56. The zero-order valence-electron chi connectivity index (χ0n) is 11.3. The van der Waals surface area contributed by atoms with Gasteiger partial charge in [-0.1, -0.05) is 42.5 Å². The van der Waals surface area contributed by atoms with Gasteiger partial charge in [-0.3, -0.25) is 0 Å². The van der Waals surface area contributed by atoms with E-state index in [1.165, 1.54) is 33.0 Å². The Morgan fingerprint density at radius 2 is 1.53 bits per heavy atom. The highest BCUT2D eigenvalue weighted by Crippen LogP contribution is 2.34. The van der Waals surface area contributed by atoms with Crippen molar-refractivity contribution in [1.29, 1.82) is 0 Å². The van der Waals surface area contributed by atoms with Crippen molar-refractivity contribution in [2.45, 2.75) is 13.8 Å². The Morgan fingerprint density at radius 1 is 0.789 bits per heavy atom. The highest BCUT2D eigenvalue weighted by molar-refractivity contribution is 5.99. The molecule has 3 rings (SSSR count). The lowest BCUT2D eigenvalue weighted by molar-refractivity contribution is 1.43. The fraction of sp³-hybridized carbons (Fsp3) is 0.111. The Morgan fingerprint density at radius 3 is 2.37 bits per heavy atom. The maximum Gasteiger partial charge on any atom is 0.0320 e. The topological polar surface area (TPSA) is 26.0 Å². The number of aryl methyl sites for hydroxylation is 2. The first-order valence-corrected chi connectivity index (χ1v) is 6.51. The van der Waals surface area contributed by atoms with E-state index in [9.17, 15) is 0 Å². The zero-order chi connectivity index (χ0) is 13.4. The lowest BCUT2D eigenvalue weighted by Gasteiger charge is -2.13. The summed E-state index contributed by atoms with van der Waals surface area (Å²) in [6.45, 7) is 4.29. The summed E-state index contributed by atoms with van der Waals surface area (Å²) >= 11 is 0. The number of rotatable bonds is 1. The Labute approximate surface area is 113 Å². The summed E-state index contributed by atoms with van der Waals surface area (Å²) in [6, 6.07) is 19.0. The minimum Gasteiger partial charge on any atom is -0.399 e. The molecule has 0 aliphatic rings. The normalized spacial score (nSPS) is 10.8. The molecule has 1 nitrogen and oxygen atoms in total. The number of fused-ring (bicyclic) bond motifs is 1. The van der Waals surface area contributed by atoms with Gasteiger partial charge in [0.15, 0.2) is 0 Å². The van der Waals surface area contributed by atoms with E-state index in [0.717, 1.165) is 5.69 Å². The summed E-state index contributed by atoms with van der Waals surface area (Å²) < 4.78 is 0. The molecular formula is C18H17N. The number of hydrogen-bond acceptors (Lipinski definition) is 1.